The first-order valence-electron chi connectivity index (χ1n) is 6.05. The van der Waals surface area contributed by atoms with Gasteiger partial charge in [-0.05, 0) is 42.8 Å². The van der Waals surface area contributed by atoms with Crippen LogP contribution in [0, 0.1) is 11.6 Å². The van der Waals surface area contributed by atoms with Crippen molar-refractivity contribution in [2.75, 3.05) is 12.4 Å². The van der Waals surface area contributed by atoms with Crippen LogP contribution in [0.25, 0.3) is 0 Å². The van der Waals surface area contributed by atoms with Crippen molar-refractivity contribution in [1.29, 1.82) is 0 Å². The smallest absolute Gasteiger partial charge is 0.142 e. The molecule has 0 aliphatic rings. The molecule has 2 nitrogen and oxygen atoms in total. The number of benzene rings is 2. The number of methoxy groups -OCH3 is 1. The highest BCUT2D eigenvalue weighted by Crippen LogP contribution is 2.31. The van der Waals surface area contributed by atoms with Gasteiger partial charge in [0, 0.05) is 16.6 Å². The molecule has 0 aliphatic heterocycles. The van der Waals surface area contributed by atoms with E-state index in [9.17, 15) is 8.78 Å². The molecule has 0 aliphatic carbocycles. The summed E-state index contributed by atoms with van der Waals surface area (Å²) in [4.78, 5) is 0. The lowest BCUT2D eigenvalue weighted by molar-refractivity contribution is 0.416. The molecule has 2 rings (SSSR count). The van der Waals surface area contributed by atoms with Gasteiger partial charge < -0.3 is 10.1 Å². The summed E-state index contributed by atoms with van der Waals surface area (Å²) in [5.74, 6) is -0.512. The van der Waals surface area contributed by atoms with Gasteiger partial charge in [0.25, 0.3) is 0 Å². The number of rotatable bonds is 4. The fourth-order valence-corrected chi connectivity index (χ4v) is 2.30. The fourth-order valence-electron chi connectivity index (χ4n) is 1.93. The SMILES string of the molecule is COc1ccc(Br)cc1NC(C)c1cc(F)cc(F)c1. The van der Waals surface area contributed by atoms with E-state index in [1.54, 1.807) is 7.11 Å². The molecule has 1 atom stereocenters. The molecule has 1 unspecified atom stereocenters. The number of nitrogens with one attached hydrogen (secondary N) is 1. The molecule has 106 valence electrons. The van der Waals surface area contributed by atoms with Crippen LogP contribution in [-0.2, 0) is 0 Å². The van der Waals surface area contributed by atoms with E-state index in [-0.39, 0.29) is 6.04 Å². The molecule has 0 amide bonds. The maximum atomic E-state index is 13.2. The summed E-state index contributed by atoms with van der Waals surface area (Å²) in [6.07, 6.45) is 0. The molecule has 20 heavy (non-hydrogen) atoms. The molecule has 0 radical (unpaired) electrons. The van der Waals surface area contributed by atoms with Crippen molar-refractivity contribution in [2.24, 2.45) is 0 Å². The van der Waals surface area contributed by atoms with Crippen LogP contribution in [0.1, 0.15) is 18.5 Å². The van der Waals surface area contributed by atoms with Crippen molar-refractivity contribution < 1.29 is 13.5 Å². The lowest BCUT2D eigenvalue weighted by Crippen LogP contribution is -2.08. The van der Waals surface area contributed by atoms with Crippen LogP contribution in [0.3, 0.4) is 0 Å². The van der Waals surface area contributed by atoms with Crippen LogP contribution in [0.5, 0.6) is 5.75 Å². The molecule has 1 N–H and O–H groups in total. The Bertz CT molecular complexity index is 599. The maximum absolute atomic E-state index is 13.2. The molecule has 0 saturated heterocycles. The van der Waals surface area contributed by atoms with Crippen molar-refractivity contribution >= 4 is 21.6 Å². The molecular formula is C15H14BrF2NO. The van der Waals surface area contributed by atoms with Crippen LogP contribution in [0.2, 0.25) is 0 Å². The number of hydrogen-bond donors (Lipinski definition) is 1. The van der Waals surface area contributed by atoms with Crippen molar-refractivity contribution in [1.82, 2.24) is 0 Å². The molecule has 0 aromatic heterocycles. The summed E-state index contributed by atoms with van der Waals surface area (Å²) < 4.78 is 32.6. The minimum absolute atomic E-state index is 0.261. The van der Waals surface area contributed by atoms with Crippen LogP contribution in [0.4, 0.5) is 14.5 Å². The first kappa shape index (κ1) is 14.8. The van der Waals surface area contributed by atoms with Gasteiger partial charge in [-0.3, -0.25) is 0 Å². The predicted octanol–water partition coefficient (Wildman–Crippen LogP) is 4.91. The Morgan fingerprint density at radius 1 is 1.10 bits per heavy atom. The molecule has 0 heterocycles. The second-order valence-corrected chi connectivity index (χ2v) is 5.33. The standard InChI is InChI=1S/C15H14BrF2NO/c1-9(10-5-12(17)8-13(18)6-10)19-14-7-11(16)3-4-15(14)20-2/h3-9,19H,1-2H3. The summed E-state index contributed by atoms with van der Waals surface area (Å²) in [6.45, 7) is 1.83. The molecular weight excluding hydrogens is 328 g/mol. The van der Waals surface area contributed by atoms with Gasteiger partial charge in [-0.25, -0.2) is 8.78 Å². The zero-order valence-electron chi connectivity index (χ0n) is 11.1. The first-order valence-corrected chi connectivity index (χ1v) is 6.85. The Morgan fingerprint density at radius 3 is 2.35 bits per heavy atom. The van der Waals surface area contributed by atoms with Gasteiger partial charge in [-0.1, -0.05) is 15.9 Å². The zero-order chi connectivity index (χ0) is 14.7. The van der Waals surface area contributed by atoms with E-state index in [1.807, 2.05) is 25.1 Å². The minimum Gasteiger partial charge on any atom is -0.495 e. The average molecular weight is 342 g/mol. The Kier molecular flexibility index (Phi) is 4.60. The van der Waals surface area contributed by atoms with Crippen molar-refractivity contribution in [3.05, 3.63) is 58.1 Å². The lowest BCUT2D eigenvalue weighted by atomic mass is 10.1. The highest BCUT2D eigenvalue weighted by molar-refractivity contribution is 9.10. The van der Waals surface area contributed by atoms with Gasteiger partial charge in [-0.2, -0.15) is 0 Å². The molecule has 0 saturated carbocycles. The van der Waals surface area contributed by atoms with Crippen molar-refractivity contribution in [3.63, 3.8) is 0 Å². The molecule has 5 heteroatoms. The average Bonchev–Trinajstić information content (AvgIpc) is 2.37. The van der Waals surface area contributed by atoms with E-state index >= 15 is 0 Å². The Balaban J connectivity index is 2.27. The third kappa shape index (κ3) is 3.48. The summed E-state index contributed by atoms with van der Waals surface area (Å²) in [7, 11) is 1.57. The molecule has 0 bridgehead atoms. The van der Waals surface area contributed by atoms with E-state index in [4.69, 9.17) is 4.74 Å². The van der Waals surface area contributed by atoms with Crippen LogP contribution in [0.15, 0.2) is 40.9 Å². The van der Waals surface area contributed by atoms with Gasteiger partial charge in [0.15, 0.2) is 0 Å². The Labute approximate surface area is 124 Å². The number of halogens is 3. The predicted molar refractivity (Wildman–Crippen MR) is 79.1 cm³/mol. The van der Waals surface area contributed by atoms with Crippen LogP contribution in [-0.4, -0.2) is 7.11 Å². The molecule has 2 aromatic rings. The number of ether oxygens (including phenoxy) is 1. The maximum Gasteiger partial charge on any atom is 0.142 e. The molecule has 0 spiro atoms. The van der Waals surface area contributed by atoms with Gasteiger partial charge in [0.2, 0.25) is 0 Å². The van der Waals surface area contributed by atoms with Crippen LogP contribution >= 0.6 is 15.9 Å². The zero-order valence-corrected chi connectivity index (χ0v) is 12.7. The normalized spacial score (nSPS) is 12.1. The summed E-state index contributed by atoms with van der Waals surface area (Å²) in [5, 5.41) is 3.18. The minimum atomic E-state index is -0.588. The van der Waals surface area contributed by atoms with E-state index in [0.29, 0.717) is 11.3 Å². The quantitative estimate of drug-likeness (QED) is 0.853. The van der Waals surface area contributed by atoms with E-state index < -0.39 is 11.6 Å². The Hall–Kier alpha value is -1.62. The number of anilines is 1. The van der Waals surface area contributed by atoms with E-state index in [0.717, 1.165) is 16.2 Å². The van der Waals surface area contributed by atoms with E-state index in [1.165, 1.54) is 12.1 Å². The highest BCUT2D eigenvalue weighted by Gasteiger charge is 2.11. The number of hydrogen-bond acceptors (Lipinski definition) is 2. The lowest BCUT2D eigenvalue weighted by Gasteiger charge is -2.18. The topological polar surface area (TPSA) is 21.3 Å². The van der Waals surface area contributed by atoms with Crippen LogP contribution < -0.4 is 10.1 Å². The van der Waals surface area contributed by atoms with Gasteiger partial charge in [0.1, 0.15) is 17.4 Å². The van der Waals surface area contributed by atoms with Crippen molar-refractivity contribution in [3.8, 4) is 5.75 Å². The van der Waals surface area contributed by atoms with Crippen molar-refractivity contribution in [2.45, 2.75) is 13.0 Å². The van der Waals surface area contributed by atoms with Gasteiger partial charge >= 0.3 is 0 Å². The first-order chi connectivity index (χ1) is 9.49. The third-order valence-electron chi connectivity index (χ3n) is 2.92. The summed E-state index contributed by atoms with van der Waals surface area (Å²) in [6, 6.07) is 8.74. The molecule has 0 fully saturated rings. The highest BCUT2D eigenvalue weighted by atomic mass is 79.9. The fraction of sp³-hybridized carbons (Fsp3) is 0.200. The largest absolute Gasteiger partial charge is 0.495 e. The summed E-state index contributed by atoms with van der Waals surface area (Å²) in [5.41, 5.74) is 1.28. The monoisotopic (exact) mass is 341 g/mol. The Morgan fingerprint density at radius 2 is 1.75 bits per heavy atom. The molecule has 2 aromatic carbocycles. The second-order valence-electron chi connectivity index (χ2n) is 4.41. The second kappa shape index (κ2) is 6.22. The third-order valence-corrected chi connectivity index (χ3v) is 3.41. The van der Waals surface area contributed by atoms with Gasteiger partial charge in [0.05, 0.1) is 12.8 Å². The van der Waals surface area contributed by atoms with E-state index in [2.05, 4.69) is 21.2 Å². The van der Waals surface area contributed by atoms with Gasteiger partial charge in [-0.15, -0.1) is 0 Å². The summed E-state index contributed by atoms with van der Waals surface area (Å²) >= 11 is 3.38.